The van der Waals surface area contributed by atoms with Crippen LogP contribution in [0.5, 0.6) is 0 Å². The summed E-state index contributed by atoms with van der Waals surface area (Å²) in [7, 11) is 0. The van der Waals surface area contributed by atoms with Crippen LogP contribution in [0.1, 0.15) is 32.2 Å². The van der Waals surface area contributed by atoms with E-state index in [1.807, 2.05) is 55.7 Å². The fourth-order valence-corrected chi connectivity index (χ4v) is 3.55. The second-order valence-electron chi connectivity index (χ2n) is 5.94. The number of nitrogens with zero attached hydrogens (tertiary/aromatic N) is 3. The smallest absolute Gasteiger partial charge is 0.318 e. The number of amides is 3. The Morgan fingerprint density at radius 2 is 1.92 bits per heavy atom. The fourth-order valence-electron chi connectivity index (χ4n) is 2.43. The van der Waals surface area contributed by atoms with Gasteiger partial charge in [0.15, 0.2) is 5.16 Å². The molecule has 0 fully saturated rings. The van der Waals surface area contributed by atoms with Gasteiger partial charge in [-0.15, -0.1) is 10.2 Å². The van der Waals surface area contributed by atoms with Gasteiger partial charge in [-0.1, -0.05) is 55.9 Å². The minimum atomic E-state index is -0.849. The molecule has 0 saturated carbocycles. The number of rotatable bonds is 7. The van der Waals surface area contributed by atoms with Crippen LogP contribution < -0.4 is 11.1 Å². The van der Waals surface area contributed by atoms with Gasteiger partial charge in [-0.05, 0) is 18.4 Å². The van der Waals surface area contributed by atoms with Crippen molar-refractivity contribution in [1.82, 2.24) is 20.1 Å². The minimum absolute atomic E-state index is 0.00364. The summed E-state index contributed by atoms with van der Waals surface area (Å²) in [6.45, 7) is 6.53. The molecule has 2 aromatic rings. The Kier molecular flexibility index (Phi) is 6.58. The van der Waals surface area contributed by atoms with E-state index in [2.05, 4.69) is 15.5 Å². The molecule has 1 aromatic heterocycles. The van der Waals surface area contributed by atoms with Crippen LogP contribution >= 0.6 is 11.8 Å². The van der Waals surface area contributed by atoms with Crippen LogP contribution in [0.25, 0.3) is 0 Å². The lowest BCUT2D eigenvalue weighted by atomic mass is 10.1. The minimum Gasteiger partial charge on any atom is -0.351 e. The van der Waals surface area contributed by atoms with Crippen LogP contribution in [0.15, 0.2) is 35.5 Å². The molecule has 0 aliphatic carbocycles. The number of nitrogens with two attached hydrogens (primary N) is 1. The first-order valence-electron chi connectivity index (χ1n) is 8.15. The van der Waals surface area contributed by atoms with E-state index >= 15 is 0 Å². The quantitative estimate of drug-likeness (QED) is 0.736. The number of aromatic nitrogens is 3. The molecule has 134 valence electrons. The van der Waals surface area contributed by atoms with Gasteiger partial charge in [0, 0.05) is 13.0 Å². The number of carbonyl (C=O) groups excluding carboxylic acids is 2. The second kappa shape index (κ2) is 8.66. The normalized spacial score (nSPS) is 12.2. The molecule has 0 spiro atoms. The van der Waals surface area contributed by atoms with Gasteiger partial charge in [-0.25, -0.2) is 4.79 Å². The van der Waals surface area contributed by atoms with Crippen LogP contribution in [-0.4, -0.2) is 32.0 Å². The maximum Gasteiger partial charge on any atom is 0.318 e. The Morgan fingerprint density at radius 1 is 1.24 bits per heavy atom. The molecule has 1 unspecified atom stereocenters. The van der Waals surface area contributed by atoms with Crippen molar-refractivity contribution in [2.45, 2.75) is 44.1 Å². The largest absolute Gasteiger partial charge is 0.351 e. The van der Waals surface area contributed by atoms with Gasteiger partial charge >= 0.3 is 6.03 Å². The predicted molar refractivity (Wildman–Crippen MR) is 97.2 cm³/mol. The van der Waals surface area contributed by atoms with Gasteiger partial charge in [-0.2, -0.15) is 0 Å². The molecule has 0 aliphatic heterocycles. The fraction of sp³-hybridized carbons (Fsp3) is 0.412. The Bertz CT molecular complexity index is 730. The number of hydrogen-bond acceptors (Lipinski definition) is 5. The van der Waals surface area contributed by atoms with Crippen molar-refractivity contribution >= 4 is 23.7 Å². The molecule has 8 heteroatoms. The van der Waals surface area contributed by atoms with E-state index in [4.69, 9.17) is 5.73 Å². The summed E-state index contributed by atoms with van der Waals surface area (Å²) in [5.74, 6) is 0.431. The first-order chi connectivity index (χ1) is 11.9. The third-order valence-electron chi connectivity index (χ3n) is 3.66. The lowest BCUT2D eigenvalue weighted by Gasteiger charge is -2.18. The van der Waals surface area contributed by atoms with Crippen molar-refractivity contribution in [1.29, 1.82) is 0 Å². The van der Waals surface area contributed by atoms with Crippen molar-refractivity contribution in [2.75, 3.05) is 0 Å². The lowest BCUT2D eigenvalue weighted by Crippen LogP contribution is -2.42. The molecule has 0 bridgehead atoms. The average molecular weight is 361 g/mol. The number of urea groups is 1. The van der Waals surface area contributed by atoms with E-state index in [1.54, 1.807) is 0 Å². The highest BCUT2D eigenvalue weighted by Crippen LogP contribution is 2.28. The monoisotopic (exact) mass is 361 g/mol. The van der Waals surface area contributed by atoms with Crippen LogP contribution in [0, 0.1) is 5.92 Å². The number of primary amides is 1. The summed E-state index contributed by atoms with van der Waals surface area (Å²) in [6.07, 6.45) is 0.669. The van der Waals surface area contributed by atoms with Gasteiger partial charge in [0.25, 0.3) is 0 Å². The Morgan fingerprint density at radius 3 is 2.48 bits per heavy atom. The SMILES string of the molecule is CCn1c(Cc2ccccc2)nnc1SC(C(=O)NC(N)=O)C(C)C. The zero-order chi connectivity index (χ0) is 18.4. The summed E-state index contributed by atoms with van der Waals surface area (Å²) >= 11 is 1.30. The summed E-state index contributed by atoms with van der Waals surface area (Å²) < 4.78 is 1.99. The van der Waals surface area contributed by atoms with E-state index < -0.39 is 17.2 Å². The summed E-state index contributed by atoms with van der Waals surface area (Å²) in [6, 6.07) is 9.18. The number of imide groups is 1. The van der Waals surface area contributed by atoms with Crippen molar-refractivity contribution < 1.29 is 9.59 Å². The molecule has 3 N–H and O–H groups in total. The number of thioether (sulfide) groups is 1. The molecule has 7 nitrogen and oxygen atoms in total. The van der Waals surface area contributed by atoms with E-state index in [9.17, 15) is 9.59 Å². The molecule has 1 atom stereocenters. The van der Waals surface area contributed by atoms with Crippen LogP contribution in [0.4, 0.5) is 4.79 Å². The zero-order valence-electron chi connectivity index (χ0n) is 14.6. The number of carbonyl (C=O) groups is 2. The molecule has 1 heterocycles. The van der Waals surface area contributed by atoms with E-state index in [0.717, 1.165) is 11.4 Å². The number of benzene rings is 1. The summed E-state index contributed by atoms with van der Waals surface area (Å²) in [5, 5.41) is 10.9. The van der Waals surface area contributed by atoms with E-state index in [1.165, 1.54) is 11.8 Å². The predicted octanol–water partition coefficient (Wildman–Crippen LogP) is 2.20. The Labute approximate surface area is 151 Å². The molecule has 0 saturated heterocycles. The van der Waals surface area contributed by atoms with Gasteiger partial charge in [0.2, 0.25) is 5.91 Å². The Hall–Kier alpha value is -2.35. The summed E-state index contributed by atoms with van der Waals surface area (Å²) in [5.41, 5.74) is 6.20. The second-order valence-corrected chi connectivity index (χ2v) is 7.05. The summed E-state index contributed by atoms with van der Waals surface area (Å²) in [4.78, 5) is 23.2. The highest BCUT2D eigenvalue weighted by molar-refractivity contribution is 8.00. The molecule has 0 aliphatic rings. The van der Waals surface area contributed by atoms with Crippen LogP contribution in [0.2, 0.25) is 0 Å². The molecular weight excluding hydrogens is 338 g/mol. The van der Waals surface area contributed by atoms with Crippen molar-refractivity contribution in [3.8, 4) is 0 Å². The van der Waals surface area contributed by atoms with Crippen molar-refractivity contribution in [3.63, 3.8) is 0 Å². The van der Waals surface area contributed by atoms with Gasteiger partial charge < -0.3 is 10.3 Å². The molecule has 25 heavy (non-hydrogen) atoms. The van der Waals surface area contributed by atoms with Gasteiger partial charge in [0.05, 0.1) is 5.25 Å². The molecule has 3 amide bonds. The molecule has 2 rings (SSSR count). The molecule has 0 radical (unpaired) electrons. The first-order valence-corrected chi connectivity index (χ1v) is 9.03. The maximum absolute atomic E-state index is 12.2. The number of hydrogen-bond donors (Lipinski definition) is 2. The maximum atomic E-state index is 12.2. The zero-order valence-corrected chi connectivity index (χ0v) is 15.4. The number of nitrogens with one attached hydrogen (secondary N) is 1. The van der Waals surface area contributed by atoms with Gasteiger partial charge in [-0.3, -0.25) is 10.1 Å². The standard InChI is InChI=1S/C17H23N5O2S/c1-4-22-13(10-12-8-6-5-7-9-12)20-21-17(22)25-14(11(2)3)15(23)19-16(18)24/h5-9,11,14H,4,10H2,1-3H3,(H3,18,19,23,24). The highest BCUT2D eigenvalue weighted by atomic mass is 32.2. The topological polar surface area (TPSA) is 103 Å². The third-order valence-corrected chi connectivity index (χ3v) is 5.18. The van der Waals surface area contributed by atoms with Crippen LogP contribution in [-0.2, 0) is 17.8 Å². The average Bonchev–Trinajstić information content (AvgIpc) is 2.94. The van der Waals surface area contributed by atoms with E-state index in [0.29, 0.717) is 18.1 Å². The molecular formula is C17H23N5O2S. The van der Waals surface area contributed by atoms with E-state index in [-0.39, 0.29) is 5.92 Å². The highest BCUT2D eigenvalue weighted by Gasteiger charge is 2.27. The van der Waals surface area contributed by atoms with Crippen molar-refractivity contribution in [2.24, 2.45) is 11.7 Å². The van der Waals surface area contributed by atoms with Crippen molar-refractivity contribution in [3.05, 3.63) is 41.7 Å². The lowest BCUT2D eigenvalue weighted by molar-refractivity contribution is -0.120. The molecule has 1 aromatic carbocycles. The Balaban J connectivity index is 2.20. The van der Waals surface area contributed by atoms with Gasteiger partial charge in [0.1, 0.15) is 5.82 Å². The van der Waals surface area contributed by atoms with Crippen LogP contribution in [0.3, 0.4) is 0 Å². The first kappa shape index (κ1) is 19.0. The third kappa shape index (κ3) is 5.06.